The van der Waals surface area contributed by atoms with Gasteiger partial charge in [0.25, 0.3) is 0 Å². The lowest BCUT2D eigenvalue weighted by Gasteiger charge is -2.07. The van der Waals surface area contributed by atoms with Gasteiger partial charge in [0.05, 0.1) is 0 Å². The molecule has 2 rings (SSSR count). The number of esters is 1. The fraction of sp³-hybridized carbons (Fsp3) is 0.308. The van der Waals surface area contributed by atoms with Gasteiger partial charge in [-0.1, -0.05) is 36.9 Å². The topological polar surface area (TPSA) is 26.3 Å². The third-order valence-electron chi connectivity index (χ3n) is 2.45. The van der Waals surface area contributed by atoms with E-state index < -0.39 is 0 Å². The molecule has 3 heteroatoms. The highest BCUT2D eigenvalue weighted by Gasteiger charge is 2.26. The summed E-state index contributed by atoms with van der Waals surface area (Å²) in [6.45, 7) is 3.67. The van der Waals surface area contributed by atoms with Crippen LogP contribution in [-0.2, 0) is 15.3 Å². The Balaban J connectivity index is 1.73. The molecule has 1 saturated heterocycles. The summed E-state index contributed by atoms with van der Waals surface area (Å²) >= 11 is 1.79. The molecule has 16 heavy (non-hydrogen) atoms. The van der Waals surface area contributed by atoms with E-state index in [4.69, 9.17) is 4.74 Å². The first-order valence-corrected chi connectivity index (χ1v) is 6.41. The molecule has 84 valence electrons. The lowest BCUT2D eigenvalue weighted by molar-refractivity contribution is -0.137. The van der Waals surface area contributed by atoms with Crippen LogP contribution >= 0.6 is 11.8 Å². The molecule has 0 N–H and O–H groups in total. The third kappa shape index (κ3) is 2.89. The van der Waals surface area contributed by atoms with Crippen molar-refractivity contribution in [2.24, 2.45) is 0 Å². The highest BCUT2D eigenvalue weighted by molar-refractivity contribution is 7.98. The molecule has 1 heterocycles. The zero-order chi connectivity index (χ0) is 11.4. The molecule has 1 aromatic rings. The minimum absolute atomic E-state index is 0.0220. The number of carbonyl (C=O) groups is 1. The molecule has 0 amide bonds. The zero-order valence-electron chi connectivity index (χ0n) is 9.02. The normalized spacial score (nSPS) is 19.9. The molecule has 0 radical (unpaired) electrons. The Morgan fingerprint density at radius 1 is 1.38 bits per heavy atom. The van der Waals surface area contributed by atoms with Gasteiger partial charge in [-0.25, -0.2) is 4.79 Å². The summed E-state index contributed by atoms with van der Waals surface area (Å²) in [4.78, 5) is 11.1. The Morgan fingerprint density at radius 3 is 2.75 bits per heavy atom. The van der Waals surface area contributed by atoms with Crippen molar-refractivity contribution in [2.45, 2.75) is 18.3 Å². The quantitative estimate of drug-likeness (QED) is 0.592. The van der Waals surface area contributed by atoms with Crippen LogP contribution in [0.3, 0.4) is 0 Å². The number of carbonyl (C=O) groups excluding carboxylic acids is 1. The van der Waals surface area contributed by atoms with Gasteiger partial charge in [0, 0.05) is 23.5 Å². The van der Waals surface area contributed by atoms with Crippen LogP contribution in [0.4, 0.5) is 0 Å². The van der Waals surface area contributed by atoms with E-state index >= 15 is 0 Å². The second kappa shape index (κ2) is 5.21. The van der Waals surface area contributed by atoms with Gasteiger partial charge >= 0.3 is 5.97 Å². The van der Waals surface area contributed by atoms with Gasteiger partial charge in [0.2, 0.25) is 0 Å². The second-order valence-electron chi connectivity index (χ2n) is 3.84. The van der Waals surface area contributed by atoms with Crippen LogP contribution in [0.15, 0.2) is 42.5 Å². The molecular formula is C13H14O2S. The number of rotatable bonds is 4. The minimum atomic E-state index is -0.231. The van der Waals surface area contributed by atoms with E-state index in [-0.39, 0.29) is 12.1 Å². The molecule has 0 saturated carbocycles. The molecule has 0 aromatic heterocycles. The molecule has 0 aliphatic carbocycles. The molecule has 1 aliphatic rings. The standard InChI is InChI=1S/C13H14O2S/c1-10-7-12(15-13(10)14)9-16-8-11-5-3-2-4-6-11/h2-6,12H,1,7-9H2. The van der Waals surface area contributed by atoms with Gasteiger partial charge < -0.3 is 4.74 Å². The first-order valence-electron chi connectivity index (χ1n) is 5.26. The number of benzene rings is 1. The minimum Gasteiger partial charge on any atom is -0.458 e. The molecule has 1 aliphatic heterocycles. The number of thioether (sulfide) groups is 1. The van der Waals surface area contributed by atoms with E-state index in [1.807, 2.05) is 18.2 Å². The molecule has 0 bridgehead atoms. The maximum Gasteiger partial charge on any atom is 0.333 e. The monoisotopic (exact) mass is 234 g/mol. The number of cyclic esters (lactones) is 1. The van der Waals surface area contributed by atoms with E-state index in [1.54, 1.807) is 11.8 Å². The number of hydrogen-bond donors (Lipinski definition) is 0. The average molecular weight is 234 g/mol. The van der Waals surface area contributed by atoms with Crippen LogP contribution in [-0.4, -0.2) is 17.8 Å². The van der Waals surface area contributed by atoms with E-state index in [0.29, 0.717) is 12.0 Å². The largest absolute Gasteiger partial charge is 0.458 e. The van der Waals surface area contributed by atoms with Crippen molar-refractivity contribution in [1.29, 1.82) is 0 Å². The van der Waals surface area contributed by atoms with Gasteiger partial charge in [-0.2, -0.15) is 11.8 Å². The van der Waals surface area contributed by atoms with Crippen molar-refractivity contribution in [3.05, 3.63) is 48.0 Å². The summed E-state index contributed by atoms with van der Waals surface area (Å²) in [7, 11) is 0. The smallest absolute Gasteiger partial charge is 0.333 e. The third-order valence-corrected chi connectivity index (χ3v) is 3.60. The van der Waals surface area contributed by atoms with Crippen molar-refractivity contribution in [1.82, 2.24) is 0 Å². The molecule has 1 atom stereocenters. The van der Waals surface area contributed by atoms with Gasteiger partial charge in [-0.15, -0.1) is 0 Å². The Bertz CT molecular complexity index is 370. The highest BCUT2D eigenvalue weighted by Crippen LogP contribution is 2.23. The first-order chi connectivity index (χ1) is 7.75. The average Bonchev–Trinajstić information content (AvgIpc) is 2.60. The Morgan fingerprint density at radius 2 is 2.12 bits per heavy atom. The summed E-state index contributed by atoms with van der Waals surface area (Å²) in [6.07, 6.45) is 0.703. The summed E-state index contributed by atoms with van der Waals surface area (Å²) < 4.78 is 5.15. The van der Waals surface area contributed by atoms with Crippen molar-refractivity contribution < 1.29 is 9.53 Å². The van der Waals surface area contributed by atoms with Crippen LogP contribution in [0, 0.1) is 0 Å². The Labute approximate surface area is 99.7 Å². The second-order valence-corrected chi connectivity index (χ2v) is 4.87. The van der Waals surface area contributed by atoms with Crippen LogP contribution in [0.2, 0.25) is 0 Å². The molecule has 2 nitrogen and oxygen atoms in total. The summed E-state index contributed by atoms with van der Waals surface area (Å²) in [5.74, 6) is 1.58. The van der Waals surface area contributed by atoms with E-state index in [1.165, 1.54) is 5.56 Å². The SMILES string of the molecule is C=C1CC(CSCc2ccccc2)OC1=O. The van der Waals surface area contributed by atoms with Gasteiger partial charge in [0.1, 0.15) is 6.10 Å². The molecular weight excluding hydrogens is 220 g/mol. The molecule has 0 spiro atoms. The zero-order valence-corrected chi connectivity index (χ0v) is 9.83. The highest BCUT2D eigenvalue weighted by atomic mass is 32.2. The lowest BCUT2D eigenvalue weighted by Crippen LogP contribution is -2.09. The van der Waals surface area contributed by atoms with Crippen molar-refractivity contribution in [3.8, 4) is 0 Å². The fourth-order valence-electron chi connectivity index (χ4n) is 1.61. The summed E-state index contributed by atoms with van der Waals surface area (Å²) in [5, 5.41) is 0. The van der Waals surface area contributed by atoms with Crippen molar-refractivity contribution >= 4 is 17.7 Å². The first kappa shape index (κ1) is 11.3. The van der Waals surface area contributed by atoms with Gasteiger partial charge in [-0.3, -0.25) is 0 Å². The van der Waals surface area contributed by atoms with E-state index in [0.717, 1.165) is 11.5 Å². The Hall–Kier alpha value is -1.22. The van der Waals surface area contributed by atoms with Crippen molar-refractivity contribution in [3.63, 3.8) is 0 Å². The van der Waals surface area contributed by atoms with E-state index in [9.17, 15) is 4.79 Å². The van der Waals surface area contributed by atoms with E-state index in [2.05, 4.69) is 18.7 Å². The fourth-order valence-corrected chi connectivity index (χ4v) is 2.60. The van der Waals surface area contributed by atoms with Crippen LogP contribution in [0.5, 0.6) is 0 Å². The molecule has 1 aromatic carbocycles. The van der Waals surface area contributed by atoms with Crippen LogP contribution < -0.4 is 0 Å². The molecule has 1 unspecified atom stereocenters. The van der Waals surface area contributed by atoms with Crippen LogP contribution in [0.1, 0.15) is 12.0 Å². The predicted octanol–water partition coefficient (Wildman–Crippen LogP) is 2.79. The van der Waals surface area contributed by atoms with Gasteiger partial charge in [-0.05, 0) is 5.56 Å². The summed E-state index contributed by atoms with van der Waals surface area (Å²) in [5.41, 5.74) is 1.90. The Kier molecular flexibility index (Phi) is 3.67. The predicted molar refractivity (Wildman–Crippen MR) is 66.2 cm³/mol. The van der Waals surface area contributed by atoms with Crippen LogP contribution in [0.25, 0.3) is 0 Å². The van der Waals surface area contributed by atoms with Gasteiger partial charge in [0.15, 0.2) is 0 Å². The molecule has 1 fully saturated rings. The van der Waals surface area contributed by atoms with Crippen molar-refractivity contribution in [2.75, 3.05) is 5.75 Å². The maximum absolute atomic E-state index is 11.1. The summed E-state index contributed by atoms with van der Waals surface area (Å²) in [6, 6.07) is 10.3. The number of ether oxygens (including phenoxy) is 1. The lowest BCUT2D eigenvalue weighted by atomic mass is 10.2. The maximum atomic E-state index is 11.1. The number of hydrogen-bond acceptors (Lipinski definition) is 3.